The Labute approximate surface area is 71.5 Å². The lowest BCUT2D eigenvalue weighted by Gasteiger charge is -1.96. The van der Waals surface area contributed by atoms with Crippen LogP contribution in [-0.4, -0.2) is 10.7 Å². The molecule has 0 atom stereocenters. The smallest absolute Gasteiger partial charge is 0.0963 e. The Balaban J connectivity index is 2.58. The number of rotatable bonds is 3. The molecule has 58 valence electrons. The second-order valence-corrected chi connectivity index (χ2v) is 3.31. The van der Waals surface area contributed by atoms with Crippen molar-refractivity contribution in [3.8, 4) is 0 Å². The first-order chi connectivity index (χ1) is 5.33. The van der Waals surface area contributed by atoms with E-state index in [9.17, 15) is 0 Å². The van der Waals surface area contributed by atoms with E-state index in [4.69, 9.17) is 0 Å². The molecule has 0 aliphatic rings. The van der Waals surface area contributed by atoms with E-state index in [1.165, 1.54) is 5.56 Å². The average Bonchev–Trinajstić information content (AvgIpc) is 2.04. The molecule has 0 saturated heterocycles. The van der Waals surface area contributed by atoms with E-state index in [0.717, 1.165) is 10.8 Å². The van der Waals surface area contributed by atoms with Crippen molar-refractivity contribution in [2.24, 2.45) is 0 Å². The minimum atomic E-state index is 0.927. The molecule has 0 aromatic carbocycles. The van der Waals surface area contributed by atoms with Gasteiger partial charge in [-0.3, -0.25) is 0 Å². The summed E-state index contributed by atoms with van der Waals surface area (Å²) in [6.07, 6.45) is 3.76. The Hall–Kier alpha value is -0.760. The van der Waals surface area contributed by atoms with Crippen LogP contribution in [0.5, 0.6) is 0 Å². The maximum atomic E-state index is 4.23. The standard InChI is InChI=1S/C9H11NS/c1-3-6-11-9-5-4-8(2)7-10-9/h3-5,7H,1,6H2,2H3. The van der Waals surface area contributed by atoms with Gasteiger partial charge in [0.1, 0.15) is 0 Å². The highest BCUT2D eigenvalue weighted by atomic mass is 32.2. The summed E-state index contributed by atoms with van der Waals surface area (Å²) >= 11 is 1.70. The van der Waals surface area contributed by atoms with E-state index in [1.807, 2.05) is 25.3 Å². The number of aryl methyl sites for hydroxylation is 1. The molecule has 0 amide bonds. The number of hydrogen-bond donors (Lipinski definition) is 0. The Bertz CT molecular complexity index is 228. The van der Waals surface area contributed by atoms with Gasteiger partial charge in [0, 0.05) is 11.9 Å². The van der Waals surface area contributed by atoms with Gasteiger partial charge in [-0.2, -0.15) is 0 Å². The molecule has 0 N–H and O–H groups in total. The van der Waals surface area contributed by atoms with Crippen LogP contribution in [0.25, 0.3) is 0 Å². The summed E-state index contributed by atoms with van der Waals surface area (Å²) in [7, 11) is 0. The monoisotopic (exact) mass is 165 g/mol. The molecule has 11 heavy (non-hydrogen) atoms. The van der Waals surface area contributed by atoms with Gasteiger partial charge in [-0.05, 0) is 18.6 Å². The molecule has 0 radical (unpaired) electrons. The third kappa shape index (κ3) is 2.76. The zero-order valence-corrected chi connectivity index (χ0v) is 7.40. The first-order valence-electron chi connectivity index (χ1n) is 3.49. The van der Waals surface area contributed by atoms with Gasteiger partial charge in [0.2, 0.25) is 0 Å². The van der Waals surface area contributed by atoms with Gasteiger partial charge in [-0.25, -0.2) is 4.98 Å². The molecule has 1 aromatic heterocycles. The number of pyridine rings is 1. The van der Waals surface area contributed by atoms with Gasteiger partial charge < -0.3 is 0 Å². The van der Waals surface area contributed by atoms with E-state index in [-0.39, 0.29) is 0 Å². The van der Waals surface area contributed by atoms with Crippen LogP contribution in [0.4, 0.5) is 0 Å². The normalized spacial score (nSPS) is 9.55. The van der Waals surface area contributed by atoms with Crippen molar-refractivity contribution < 1.29 is 0 Å². The van der Waals surface area contributed by atoms with Gasteiger partial charge in [0.15, 0.2) is 0 Å². The molecule has 0 spiro atoms. The summed E-state index contributed by atoms with van der Waals surface area (Å²) < 4.78 is 0. The summed E-state index contributed by atoms with van der Waals surface area (Å²) in [6, 6.07) is 4.10. The second-order valence-electron chi connectivity index (χ2n) is 2.27. The van der Waals surface area contributed by atoms with Crippen molar-refractivity contribution in [2.75, 3.05) is 5.75 Å². The number of thioether (sulfide) groups is 1. The molecule has 0 fully saturated rings. The minimum Gasteiger partial charge on any atom is -0.250 e. The highest BCUT2D eigenvalue weighted by Crippen LogP contribution is 2.14. The lowest BCUT2D eigenvalue weighted by molar-refractivity contribution is 1.11. The van der Waals surface area contributed by atoms with E-state index >= 15 is 0 Å². The van der Waals surface area contributed by atoms with Crippen LogP contribution in [0.15, 0.2) is 36.0 Å². The predicted octanol–water partition coefficient (Wildman–Crippen LogP) is 2.67. The minimum absolute atomic E-state index is 0.927. The predicted molar refractivity (Wildman–Crippen MR) is 49.9 cm³/mol. The van der Waals surface area contributed by atoms with Crippen LogP contribution in [0.2, 0.25) is 0 Å². The number of aromatic nitrogens is 1. The first kappa shape index (κ1) is 8.34. The zero-order chi connectivity index (χ0) is 8.10. The summed E-state index contributed by atoms with van der Waals surface area (Å²) in [5.74, 6) is 0.927. The maximum absolute atomic E-state index is 4.23. The summed E-state index contributed by atoms with van der Waals surface area (Å²) in [5.41, 5.74) is 1.20. The summed E-state index contributed by atoms with van der Waals surface area (Å²) in [4.78, 5) is 4.23. The molecule has 0 aliphatic heterocycles. The molecule has 0 bridgehead atoms. The van der Waals surface area contributed by atoms with Crippen molar-refractivity contribution in [3.05, 3.63) is 36.5 Å². The summed E-state index contributed by atoms with van der Waals surface area (Å²) in [6.45, 7) is 5.68. The highest BCUT2D eigenvalue weighted by molar-refractivity contribution is 7.99. The molecule has 0 aliphatic carbocycles. The fraction of sp³-hybridized carbons (Fsp3) is 0.222. The molecule has 1 aromatic rings. The van der Waals surface area contributed by atoms with E-state index < -0.39 is 0 Å². The fourth-order valence-electron chi connectivity index (χ4n) is 0.684. The third-order valence-electron chi connectivity index (χ3n) is 1.23. The average molecular weight is 165 g/mol. The van der Waals surface area contributed by atoms with Crippen LogP contribution in [0.1, 0.15) is 5.56 Å². The van der Waals surface area contributed by atoms with Crippen LogP contribution in [-0.2, 0) is 0 Å². The molecule has 0 unspecified atom stereocenters. The number of nitrogens with zero attached hydrogens (tertiary/aromatic N) is 1. The van der Waals surface area contributed by atoms with Crippen LogP contribution >= 0.6 is 11.8 Å². The Morgan fingerprint density at radius 3 is 3.00 bits per heavy atom. The van der Waals surface area contributed by atoms with Gasteiger partial charge in [-0.1, -0.05) is 12.1 Å². The summed E-state index contributed by atoms with van der Waals surface area (Å²) in [5, 5.41) is 1.07. The Kier molecular flexibility index (Phi) is 3.17. The SMILES string of the molecule is C=CCSc1ccc(C)cn1. The van der Waals surface area contributed by atoms with Gasteiger partial charge in [0.25, 0.3) is 0 Å². The molecular formula is C9H11NS. The molecule has 1 nitrogen and oxygen atoms in total. The third-order valence-corrected chi connectivity index (χ3v) is 2.17. The number of hydrogen-bond acceptors (Lipinski definition) is 2. The molecule has 1 heterocycles. The van der Waals surface area contributed by atoms with E-state index in [1.54, 1.807) is 11.8 Å². The lowest BCUT2D eigenvalue weighted by Crippen LogP contribution is -1.80. The fourth-order valence-corrected chi connectivity index (χ4v) is 1.26. The van der Waals surface area contributed by atoms with Gasteiger partial charge in [0.05, 0.1) is 5.03 Å². The van der Waals surface area contributed by atoms with Crippen LogP contribution < -0.4 is 0 Å². The topological polar surface area (TPSA) is 12.9 Å². The largest absolute Gasteiger partial charge is 0.250 e. The zero-order valence-electron chi connectivity index (χ0n) is 6.58. The lowest BCUT2D eigenvalue weighted by atomic mass is 10.3. The van der Waals surface area contributed by atoms with Crippen molar-refractivity contribution in [2.45, 2.75) is 11.9 Å². The Morgan fingerprint density at radius 2 is 2.45 bits per heavy atom. The molecule has 1 rings (SSSR count). The quantitative estimate of drug-likeness (QED) is 0.504. The van der Waals surface area contributed by atoms with E-state index in [0.29, 0.717) is 0 Å². The second kappa shape index (κ2) is 4.19. The van der Waals surface area contributed by atoms with Gasteiger partial charge >= 0.3 is 0 Å². The van der Waals surface area contributed by atoms with Crippen LogP contribution in [0, 0.1) is 6.92 Å². The van der Waals surface area contributed by atoms with Gasteiger partial charge in [-0.15, -0.1) is 18.3 Å². The van der Waals surface area contributed by atoms with Crippen molar-refractivity contribution in [1.29, 1.82) is 0 Å². The molecule has 2 heteroatoms. The van der Waals surface area contributed by atoms with Crippen molar-refractivity contribution >= 4 is 11.8 Å². The van der Waals surface area contributed by atoms with Crippen molar-refractivity contribution in [3.63, 3.8) is 0 Å². The molecular weight excluding hydrogens is 154 g/mol. The van der Waals surface area contributed by atoms with Crippen LogP contribution in [0.3, 0.4) is 0 Å². The molecule has 0 saturated carbocycles. The maximum Gasteiger partial charge on any atom is 0.0963 e. The van der Waals surface area contributed by atoms with Crippen molar-refractivity contribution in [1.82, 2.24) is 4.98 Å². The highest BCUT2D eigenvalue weighted by Gasteiger charge is 1.90. The first-order valence-corrected chi connectivity index (χ1v) is 4.48. The Morgan fingerprint density at radius 1 is 1.64 bits per heavy atom. The van der Waals surface area contributed by atoms with E-state index in [2.05, 4.69) is 17.6 Å².